The fourth-order valence-corrected chi connectivity index (χ4v) is 3.96. The molecule has 0 amide bonds. The summed E-state index contributed by atoms with van der Waals surface area (Å²) in [6.07, 6.45) is 0.419. The largest absolute Gasteiger partial charge is 0.495 e. The summed E-state index contributed by atoms with van der Waals surface area (Å²) in [6, 6.07) is 4.39. The number of hydrogen-bond donors (Lipinski definition) is 1. The van der Waals surface area contributed by atoms with Gasteiger partial charge in [-0.15, -0.1) is 0 Å². The smallest absolute Gasteiger partial charge is 0.246 e. The van der Waals surface area contributed by atoms with Crippen LogP contribution in [0.1, 0.15) is 13.3 Å². The number of β-amino-alcohol motifs (C(OH)–C–C–N with tert-alkyl or cyclic N) is 1. The normalized spacial score (nSPS) is 24.6. The lowest BCUT2D eigenvalue weighted by Crippen LogP contribution is -2.34. The lowest BCUT2D eigenvalue weighted by atomic mass is 10.1. The van der Waals surface area contributed by atoms with Crippen molar-refractivity contribution in [3.8, 4) is 5.75 Å². The van der Waals surface area contributed by atoms with Crippen LogP contribution >= 0.6 is 11.6 Å². The van der Waals surface area contributed by atoms with Crippen molar-refractivity contribution in [1.29, 1.82) is 0 Å². The third kappa shape index (κ3) is 2.86. The number of halogens is 1. The van der Waals surface area contributed by atoms with Gasteiger partial charge in [0.2, 0.25) is 10.0 Å². The summed E-state index contributed by atoms with van der Waals surface area (Å²) in [5.74, 6) is 0.207. The van der Waals surface area contributed by atoms with Crippen LogP contribution in [0.25, 0.3) is 0 Å². The van der Waals surface area contributed by atoms with Crippen LogP contribution in [-0.2, 0) is 10.0 Å². The number of rotatable bonds is 3. The summed E-state index contributed by atoms with van der Waals surface area (Å²) in [7, 11) is -2.29. The van der Waals surface area contributed by atoms with E-state index in [0.29, 0.717) is 18.0 Å². The molecule has 1 aromatic carbocycles. The van der Waals surface area contributed by atoms with Crippen molar-refractivity contribution >= 4 is 21.6 Å². The number of ether oxygens (including phenoxy) is 1. The number of benzene rings is 1. The molecule has 1 unspecified atom stereocenters. The van der Waals surface area contributed by atoms with Crippen LogP contribution in [0, 0.1) is 0 Å². The van der Waals surface area contributed by atoms with Gasteiger partial charge in [0.1, 0.15) is 10.6 Å². The van der Waals surface area contributed by atoms with Crippen LogP contribution in [0.5, 0.6) is 5.75 Å². The maximum Gasteiger partial charge on any atom is 0.246 e. The highest BCUT2D eigenvalue weighted by molar-refractivity contribution is 7.89. The molecule has 1 aliphatic rings. The van der Waals surface area contributed by atoms with Gasteiger partial charge in [-0.2, -0.15) is 4.31 Å². The van der Waals surface area contributed by atoms with Gasteiger partial charge in [-0.3, -0.25) is 0 Å². The molecular weight excluding hydrogens is 290 g/mol. The molecule has 0 radical (unpaired) electrons. The van der Waals surface area contributed by atoms with E-state index in [-0.39, 0.29) is 17.2 Å². The van der Waals surface area contributed by atoms with E-state index >= 15 is 0 Å². The van der Waals surface area contributed by atoms with E-state index in [1.165, 1.54) is 29.6 Å². The fraction of sp³-hybridized carbons (Fsp3) is 0.500. The number of nitrogens with zero attached hydrogens (tertiary/aromatic N) is 1. The minimum absolute atomic E-state index is 0.0668. The average Bonchev–Trinajstić information content (AvgIpc) is 2.69. The molecular formula is C12H16ClNO4S. The van der Waals surface area contributed by atoms with Crippen molar-refractivity contribution in [1.82, 2.24) is 4.31 Å². The predicted octanol–water partition coefficient (Wildman–Crippen LogP) is 1.49. The zero-order valence-corrected chi connectivity index (χ0v) is 12.3. The summed E-state index contributed by atoms with van der Waals surface area (Å²) in [5, 5.41) is 10.3. The Morgan fingerprint density at radius 2 is 2.16 bits per heavy atom. The molecule has 7 heteroatoms. The molecule has 1 atom stereocenters. The first-order valence-corrected chi connectivity index (χ1v) is 7.64. The highest BCUT2D eigenvalue weighted by Gasteiger charge is 2.39. The first kappa shape index (κ1) is 14.6. The lowest BCUT2D eigenvalue weighted by molar-refractivity contribution is 0.0762. The van der Waals surface area contributed by atoms with Gasteiger partial charge >= 0.3 is 0 Å². The Hall–Kier alpha value is -0.820. The quantitative estimate of drug-likeness (QED) is 0.919. The van der Waals surface area contributed by atoms with Gasteiger partial charge in [0, 0.05) is 24.2 Å². The molecule has 2 rings (SSSR count). The molecule has 0 saturated carbocycles. The number of aliphatic hydroxyl groups is 1. The Labute approximate surface area is 117 Å². The Balaban J connectivity index is 2.41. The summed E-state index contributed by atoms with van der Waals surface area (Å²) < 4.78 is 31.3. The Morgan fingerprint density at radius 3 is 2.68 bits per heavy atom. The molecule has 0 spiro atoms. The van der Waals surface area contributed by atoms with E-state index in [0.717, 1.165) is 0 Å². The van der Waals surface area contributed by atoms with Crippen LogP contribution in [0.2, 0.25) is 5.02 Å². The van der Waals surface area contributed by atoms with E-state index in [1.807, 2.05) is 0 Å². The van der Waals surface area contributed by atoms with Crippen molar-refractivity contribution in [2.75, 3.05) is 20.2 Å². The third-order valence-corrected chi connectivity index (χ3v) is 5.28. The summed E-state index contributed by atoms with van der Waals surface area (Å²) in [5.41, 5.74) is -0.979. The zero-order chi connectivity index (χ0) is 14.3. The number of hydrogen-bond acceptors (Lipinski definition) is 4. The molecule has 1 aliphatic heterocycles. The SMILES string of the molecule is COc1cc(Cl)ccc1S(=O)(=O)N1CCC(C)(O)C1. The van der Waals surface area contributed by atoms with E-state index in [9.17, 15) is 13.5 Å². The molecule has 1 heterocycles. The zero-order valence-electron chi connectivity index (χ0n) is 10.8. The van der Waals surface area contributed by atoms with Gasteiger partial charge < -0.3 is 9.84 Å². The van der Waals surface area contributed by atoms with Crippen molar-refractivity contribution in [3.05, 3.63) is 23.2 Å². The minimum atomic E-state index is -3.68. The third-order valence-electron chi connectivity index (χ3n) is 3.16. The second-order valence-corrected chi connectivity index (χ2v) is 7.22. The lowest BCUT2D eigenvalue weighted by Gasteiger charge is -2.20. The summed E-state index contributed by atoms with van der Waals surface area (Å²) >= 11 is 5.82. The van der Waals surface area contributed by atoms with Crippen LogP contribution in [0.3, 0.4) is 0 Å². The Bertz CT molecular complexity index is 585. The molecule has 1 aromatic rings. The molecule has 1 fully saturated rings. The summed E-state index contributed by atoms with van der Waals surface area (Å²) in [6.45, 7) is 2.00. The second kappa shape index (κ2) is 4.94. The number of sulfonamides is 1. The average molecular weight is 306 g/mol. The number of methoxy groups -OCH3 is 1. The standard InChI is InChI=1S/C12H16ClNO4S/c1-12(15)5-6-14(8-12)19(16,17)11-4-3-9(13)7-10(11)18-2/h3-4,7,15H,5-6,8H2,1-2H3. The van der Waals surface area contributed by atoms with Crippen LogP contribution in [0.4, 0.5) is 0 Å². The van der Waals surface area contributed by atoms with Gasteiger partial charge in [-0.05, 0) is 25.5 Å². The maximum atomic E-state index is 12.5. The minimum Gasteiger partial charge on any atom is -0.495 e. The first-order valence-electron chi connectivity index (χ1n) is 5.82. The van der Waals surface area contributed by atoms with Gasteiger partial charge in [0.15, 0.2) is 0 Å². The van der Waals surface area contributed by atoms with Crippen molar-refractivity contribution in [2.45, 2.75) is 23.8 Å². The fourth-order valence-electron chi connectivity index (χ4n) is 2.10. The van der Waals surface area contributed by atoms with Crippen molar-refractivity contribution < 1.29 is 18.3 Å². The summed E-state index contributed by atoms with van der Waals surface area (Å²) in [4.78, 5) is 0.0668. The predicted molar refractivity (Wildman–Crippen MR) is 72.0 cm³/mol. The molecule has 106 valence electrons. The van der Waals surface area contributed by atoms with Crippen molar-refractivity contribution in [2.24, 2.45) is 0 Å². The van der Waals surface area contributed by atoms with Gasteiger partial charge in [-0.25, -0.2) is 8.42 Å². The molecule has 0 aromatic heterocycles. The highest BCUT2D eigenvalue weighted by Crippen LogP contribution is 2.33. The molecule has 1 saturated heterocycles. The highest BCUT2D eigenvalue weighted by atomic mass is 35.5. The maximum absolute atomic E-state index is 12.5. The van der Waals surface area contributed by atoms with E-state index in [2.05, 4.69) is 0 Å². The second-order valence-electron chi connectivity index (χ2n) is 4.88. The molecule has 19 heavy (non-hydrogen) atoms. The van der Waals surface area contributed by atoms with Gasteiger partial charge in [0.25, 0.3) is 0 Å². The van der Waals surface area contributed by atoms with Gasteiger partial charge in [-0.1, -0.05) is 11.6 Å². The van der Waals surface area contributed by atoms with Crippen LogP contribution in [-0.4, -0.2) is 43.6 Å². The monoisotopic (exact) mass is 305 g/mol. The Morgan fingerprint density at radius 1 is 1.47 bits per heavy atom. The van der Waals surface area contributed by atoms with Gasteiger partial charge in [0.05, 0.1) is 12.7 Å². The molecule has 1 N–H and O–H groups in total. The topological polar surface area (TPSA) is 66.8 Å². The van der Waals surface area contributed by atoms with Crippen LogP contribution in [0.15, 0.2) is 23.1 Å². The Kier molecular flexibility index (Phi) is 3.79. The van der Waals surface area contributed by atoms with E-state index < -0.39 is 15.6 Å². The first-order chi connectivity index (χ1) is 8.76. The van der Waals surface area contributed by atoms with Crippen molar-refractivity contribution in [3.63, 3.8) is 0 Å². The molecule has 5 nitrogen and oxygen atoms in total. The van der Waals surface area contributed by atoms with E-state index in [1.54, 1.807) is 6.92 Å². The molecule has 0 bridgehead atoms. The molecule has 0 aliphatic carbocycles. The van der Waals surface area contributed by atoms with E-state index in [4.69, 9.17) is 16.3 Å². The van der Waals surface area contributed by atoms with Crippen LogP contribution < -0.4 is 4.74 Å².